The van der Waals surface area contributed by atoms with Crippen molar-refractivity contribution < 1.29 is 19.4 Å². The molecule has 0 fully saturated rings. The molecule has 0 aliphatic heterocycles. The maximum atomic E-state index is 14.8. The number of rotatable bonds is 5. The Hall–Kier alpha value is -2.40. The summed E-state index contributed by atoms with van der Waals surface area (Å²) in [5.74, 6) is -1.40. The van der Waals surface area contributed by atoms with Crippen molar-refractivity contribution in [2.75, 3.05) is 6.73 Å². The Morgan fingerprint density at radius 2 is 2.07 bits per heavy atom. The van der Waals surface area contributed by atoms with Gasteiger partial charge in [0.15, 0.2) is 0 Å². The first kappa shape index (κ1) is 20.9. The van der Waals surface area contributed by atoms with Gasteiger partial charge in [-0.25, -0.2) is 4.39 Å². The quantitative estimate of drug-likeness (QED) is 0.510. The van der Waals surface area contributed by atoms with Gasteiger partial charge in [0.25, 0.3) is 5.91 Å². The minimum Gasteiger partial charge on any atom is -0.507 e. The summed E-state index contributed by atoms with van der Waals surface area (Å²) in [6.07, 6.45) is 7.06. The van der Waals surface area contributed by atoms with Gasteiger partial charge in [0, 0.05) is 5.56 Å². The molecular weight excluding hydrogens is 345 g/mol. The minimum absolute atomic E-state index is 0.0336. The van der Waals surface area contributed by atoms with Crippen molar-refractivity contribution in [3.8, 4) is 5.75 Å². The summed E-state index contributed by atoms with van der Waals surface area (Å²) in [4.78, 5) is 11.7. The van der Waals surface area contributed by atoms with E-state index in [-0.39, 0.29) is 22.3 Å². The van der Waals surface area contributed by atoms with Crippen LogP contribution in [0.15, 0.2) is 47.1 Å². The Balaban J connectivity index is 2.31. The maximum absolute atomic E-state index is 14.8. The largest absolute Gasteiger partial charge is 0.507 e. The number of allylic oxidation sites excluding steroid dienone is 5. The van der Waals surface area contributed by atoms with E-state index >= 15 is 0 Å². The van der Waals surface area contributed by atoms with Crippen LogP contribution in [0.2, 0.25) is 0 Å². The molecule has 0 atom stereocenters. The van der Waals surface area contributed by atoms with Crippen LogP contribution in [0.25, 0.3) is 5.83 Å². The van der Waals surface area contributed by atoms with Crippen LogP contribution in [0.4, 0.5) is 4.39 Å². The number of phenolic OH excluding ortho intramolecular Hbond substituents is 1. The third kappa shape index (κ3) is 4.86. The van der Waals surface area contributed by atoms with Crippen LogP contribution in [0.3, 0.4) is 0 Å². The molecule has 1 aromatic carbocycles. The van der Waals surface area contributed by atoms with Gasteiger partial charge in [0.1, 0.15) is 18.3 Å². The van der Waals surface area contributed by atoms with Crippen molar-refractivity contribution in [3.05, 3.63) is 58.2 Å². The first-order valence-corrected chi connectivity index (χ1v) is 9.14. The zero-order valence-electron chi connectivity index (χ0n) is 16.4. The van der Waals surface area contributed by atoms with Gasteiger partial charge >= 0.3 is 0 Å². The topological polar surface area (TPSA) is 69.6 Å². The Morgan fingerprint density at radius 1 is 1.37 bits per heavy atom. The molecule has 0 heterocycles. The molecule has 1 amide bonds. The summed E-state index contributed by atoms with van der Waals surface area (Å²) < 4.78 is 14.8. The molecule has 1 aromatic rings. The van der Waals surface area contributed by atoms with Crippen molar-refractivity contribution >= 4 is 11.7 Å². The SMILES string of the molecule is CC(C=CC1=C(C)CCCC1(C)C)=C(F)c1ccc(C(=O)NCO)cc1O. The number of phenols is 1. The summed E-state index contributed by atoms with van der Waals surface area (Å²) in [5, 5.41) is 21.1. The third-order valence-electron chi connectivity index (χ3n) is 5.12. The first-order chi connectivity index (χ1) is 12.7. The van der Waals surface area contributed by atoms with Gasteiger partial charge in [-0.15, -0.1) is 0 Å². The highest BCUT2D eigenvalue weighted by Gasteiger charge is 2.26. The zero-order valence-corrected chi connectivity index (χ0v) is 16.4. The summed E-state index contributed by atoms with van der Waals surface area (Å²) in [6.45, 7) is 7.67. The van der Waals surface area contributed by atoms with Gasteiger partial charge in [-0.2, -0.15) is 0 Å². The number of amides is 1. The lowest BCUT2D eigenvalue weighted by molar-refractivity contribution is 0.0910. The van der Waals surface area contributed by atoms with E-state index in [0.717, 1.165) is 12.8 Å². The van der Waals surface area contributed by atoms with Crippen LogP contribution in [-0.2, 0) is 0 Å². The molecule has 0 radical (unpaired) electrons. The molecule has 0 saturated carbocycles. The molecule has 27 heavy (non-hydrogen) atoms. The first-order valence-electron chi connectivity index (χ1n) is 9.14. The lowest BCUT2D eigenvalue weighted by atomic mass is 9.72. The number of carbonyl (C=O) groups is 1. The van der Waals surface area contributed by atoms with Gasteiger partial charge < -0.3 is 15.5 Å². The fraction of sp³-hybridized carbons (Fsp3) is 0.409. The lowest BCUT2D eigenvalue weighted by Gasteiger charge is -2.33. The van der Waals surface area contributed by atoms with Gasteiger partial charge in [-0.05, 0) is 67.9 Å². The Morgan fingerprint density at radius 3 is 2.67 bits per heavy atom. The number of aliphatic hydroxyl groups excluding tert-OH is 1. The van der Waals surface area contributed by atoms with Crippen molar-refractivity contribution in [1.29, 1.82) is 0 Å². The summed E-state index contributed by atoms with van der Waals surface area (Å²) in [7, 11) is 0. The monoisotopic (exact) mass is 373 g/mol. The standard InChI is InChI=1S/C22H28FNO3/c1-14-6-5-11-22(3,4)18(14)10-7-15(2)20(23)17-9-8-16(12-19(17)26)21(27)24-13-25/h7-10,12,25-26H,5-6,11,13H2,1-4H3,(H,24,27). The number of hydrogen-bond donors (Lipinski definition) is 3. The predicted molar refractivity (Wildman–Crippen MR) is 106 cm³/mol. The number of hydrogen-bond acceptors (Lipinski definition) is 3. The number of nitrogens with one attached hydrogen (secondary N) is 1. The summed E-state index contributed by atoms with van der Waals surface area (Å²) >= 11 is 0. The lowest BCUT2D eigenvalue weighted by Crippen LogP contribution is -2.23. The fourth-order valence-electron chi connectivity index (χ4n) is 3.54. The second kappa shape index (κ2) is 8.53. The average molecular weight is 373 g/mol. The van der Waals surface area contributed by atoms with Crippen molar-refractivity contribution in [2.24, 2.45) is 5.41 Å². The molecule has 1 aliphatic rings. The van der Waals surface area contributed by atoms with Crippen LogP contribution >= 0.6 is 0 Å². The number of aromatic hydroxyl groups is 1. The van der Waals surface area contributed by atoms with Gasteiger partial charge in [0.05, 0.1) is 5.56 Å². The molecule has 146 valence electrons. The van der Waals surface area contributed by atoms with E-state index in [1.165, 1.54) is 35.8 Å². The number of benzene rings is 1. The van der Waals surface area contributed by atoms with Crippen LogP contribution in [0, 0.1) is 5.41 Å². The molecule has 1 aliphatic carbocycles. The molecule has 5 heteroatoms. The van der Waals surface area contributed by atoms with Gasteiger partial charge in [0.2, 0.25) is 0 Å². The second-order valence-corrected chi connectivity index (χ2v) is 7.66. The molecule has 0 unspecified atom stereocenters. The van der Waals surface area contributed by atoms with E-state index in [9.17, 15) is 14.3 Å². The predicted octanol–water partition coefficient (Wildman–Crippen LogP) is 4.86. The Bertz CT molecular complexity index is 819. The smallest absolute Gasteiger partial charge is 0.253 e. The van der Waals surface area contributed by atoms with E-state index in [4.69, 9.17) is 5.11 Å². The molecule has 4 nitrogen and oxygen atoms in total. The molecule has 3 N–H and O–H groups in total. The summed E-state index contributed by atoms with van der Waals surface area (Å²) in [5.41, 5.74) is 3.22. The number of aliphatic hydroxyl groups is 1. The van der Waals surface area contributed by atoms with Crippen LogP contribution < -0.4 is 5.32 Å². The minimum atomic E-state index is -0.540. The second-order valence-electron chi connectivity index (χ2n) is 7.66. The van der Waals surface area contributed by atoms with Crippen molar-refractivity contribution in [1.82, 2.24) is 5.32 Å². The third-order valence-corrected chi connectivity index (χ3v) is 5.12. The molecular formula is C22H28FNO3. The van der Waals surface area contributed by atoms with Crippen molar-refractivity contribution in [2.45, 2.75) is 47.0 Å². The Kier molecular flexibility index (Phi) is 6.60. The molecule has 0 spiro atoms. The Labute approximate surface area is 160 Å². The maximum Gasteiger partial charge on any atom is 0.253 e. The van der Waals surface area contributed by atoms with Crippen LogP contribution in [0.5, 0.6) is 5.75 Å². The fourth-order valence-corrected chi connectivity index (χ4v) is 3.54. The van der Waals surface area contributed by atoms with Gasteiger partial charge in [-0.3, -0.25) is 4.79 Å². The zero-order chi connectivity index (χ0) is 20.2. The van der Waals surface area contributed by atoms with Crippen LogP contribution in [-0.4, -0.2) is 22.9 Å². The summed E-state index contributed by atoms with van der Waals surface area (Å²) in [6, 6.07) is 3.96. The highest BCUT2D eigenvalue weighted by Crippen LogP contribution is 2.41. The van der Waals surface area contributed by atoms with Crippen LogP contribution in [0.1, 0.15) is 62.9 Å². The van der Waals surface area contributed by atoms with Gasteiger partial charge in [-0.1, -0.05) is 31.6 Å². The molecule has 0 bridgehead atoms. The normalized spacial score (nSPS) is 17.9. The molecule has 2 rings (SSSR count). The number of halogens is 1. The van der Waals surface area contributed by atoms with E-state index in [1.807, 2.05) is 6.08 Å². The van der Waals surface area contributed by atoms with Crippen molar-refractivity contribution in [3.63, 3.8) is 0 Å². The van der Waals surface area contributed by atoms with E-state index in [2.05, 4.69) is 26.1 Å². The molecule has 0 aromatic heterocycles. The highest BCUT2D eigenvalue weighted by atomic mass is 19.1. The molecule has 0 saturated heterocycles. The number of carbonyl (C=O) groups excluding carboxylic acids is 1. The van der Waals surface area contributed by atoms with E-state index in [0.29, 0.717) is 5.57 Å². The average Bonchev–Trinajstić information content (AvgIpc) is 2.60. The highest BCUT2D eigenvalue weighted by molar-refractivity contribution is 5.95. The van der Waals surface area contributed by atoms with E-state index in [1.54, 1.807) is 13.0 Å². The van der Waals surface area contributed by atoms with E-state index < -0.39 is 18.5 Å².